The van der Waals surface area contributed by atoms with Gasteiger partial charge in [-0.05, 0) is 33.9 Å². The largest absolute Gasteiger partial charge is 0.748 e. The minimum Gasteiger partial charge on any atom is -0.748 e. The first-order chi connectivity index (χ1) is 15.9. The minimum absolute atomic E-state index is 0.260. The Balaban J connectivity index is 1.65. The molecular formula is C25H21NO4S3. The molecular weight excluding hydrogens is 474 g/mol. The van der Waals surface area contributed by atoms with Crippen LogP contribution in [-0.4, -0.2) is 25.8 Å². The van der Waals surface area contributed by atoms with E-state index in [1.54, 1.807) is 29.8 Å². The molecule has 0 spiro atoms. The maximum Gasteiger partial charge on any atom is 0.262 e. The lowest BCUT2D eigenvalue weighted by Crippen LogP contribution is -2.36. The van der Waals surface area contributed by atoms with E-state index in [9.17, 15) is 13.0 Å². The number of benzene rings is 3. The maximum atomic E-state index is 11.2. The number of thiazole rings is 1. The van der Waals surface area contributed by atoms with Crippen LogP contribution in [0.4, 0.5) is 0 Å². The van der Waals surface area contributed by atoms with E-state index in [1.165, 1.54) is 10.8 Å². The van der Waals surface area contributed by atoms with Gasteiger partial charge in [0.25, 0.3) is 5.01 Å². The van der Waals surface area contributed by atoms with Crippen molar-refractivity contribution < 1.29 is 22.3 Å². The zero-order valence-corrected chi connectivity index (χ0v) is 20.3. The van der Waals surface area contributed by atoms with Crippen LogP contribution in [0, 0.1) is 0 Å². The Bertz CT molecular complexity index is 1610. The van der Waals surface area contributed by atoms with Crippen molar-refractivity contribution in [1.82, 2.24) is 0 Å². The van der Waals surface area contributed by atoms with Gasteiger partial charge in [0.1, 0.15) is 15.1 Å². The molecule has 0 saturated carbocycles. The molecule has 3 aromatic carbocycles. The molecule has 33 heavy (non-hydrogen) atoms. The van der Waals surface area contributed by atoms with Crippen molar-refractivity contribution in [3.05, 3.63) is 70.5 Å². The summed E-state index contributed by atoms with van der Waals surface area (Å²) in [5.41, 5.74) is 2.16. The number of ether oxygens (including phenoxy) is 1. The molecule has 0 saturated heterocycles. The Morgan fingerprint density at radius 1 is 1.06 bits per heavy atom. The van der Waals surface area contributed by atoms with E-state index in [-0.39, 0.29) is 12.2 Å². The molecule has 0 unspecified atom stereocenters. The van der Waals surface area contributed by atoms with Crippen molar-refractivity contribution in [1.29, 1.82) is 0 Å². The number of aryl methyl sites for hydroxylation is 1. The second kappa shape index (κ2) is 8.87. The Hall–Kier alpha value is -2.78. The van der Waals surface area contributed by atoms with Crippen molar-refractivity contribution >= 4 is 76.0 Å². The summed E-state index contributed by atoms with van der Waals surface area (Å²) in [6.07, 6.45) is 4.43. The van der Waals surface area contributed by atoms with E-state index < -0.39 is 10.1 Å². The number of thiophene rings is 1. The second-order valence-electron chi connectivity index (χ2n) is 7.70. The molecule has 0 radical (unpaired) electrons. The smallest absolute Gasteiger partial charge is 0.262 e. The Morgan fingerprint density at radius 2 is 1.88 bits per heavy atom. The van der Waals surface area contributed by atoms with Crippen molar-refractivity contribution in [3.63, 3.8) is 0 Å². The van der Waals surface area contributed by atoms with Crippen molar-refractivity contribution in [2.45, 2.75) is 13.0 Å². The van der Waals surface area contributed by atoms with E-state index in [2.05, 4.69) is 41.0 Å². The first kappa shape index (κ1) is 22.0. The summed E-state index contributed by atoms with van der Waals surface area (Å²) >= 11 is 3.26. The number of hydrogen-bond donors (Lipinski definition) is 0. The van der Waals surface area contributed by atoms with Gasteiger partial charge < -0.3 is 9.29 Å². The molecule has 0 aliphatic rings. The SMILES string of the molecule is COc1cc2sc(C=Cc3cccc4ccccc34)[n+](CCCS(=O)(=O)[O-])c2c2sccc12. The highest BCUT2D eigenvalue weighted by atomic mass is 32.2. The fraction of sp³-hybridized carbons (Fsp3) is 0.160. The van der Waals surface area contributed by atoms with Gasteiger partial charge in [0.2, 0.25) is 5.52 Å². The van der Waals surface area contributed by atoms with Crippen LogP contribution >= 0.6 is 22.7 Å². The van der Waals surface area contributed by atoms with E-state index in [1.807, 2.05) is 35.7 Å². The van der Waals surface area contributed by atoms with Crippen molar-refractivity contribution in [2.24, 2.45) is 0 Å². The van der Waals surface area contributed by atoms with Crippen molar-refractivity contribution in [2.75, 3.05) is 12.9 Å². The van der Waals surface area contributed by atoms with Crippen LogP contribution < -0.4 is 9.30 Å². The zero-order valence-electron chi connectivity index (χ0n) is 17.9. The first-order valence-electron chi connectivity index (χ1n) is 10.4. The highest BCUT2D eigenvalue weighted by Gasteiger charge is 2.24. The molecule has 2 heterocycles. The fourth-order valence-electron chi connectivity index (χ4n) is 4.15. The predicted molar refractivity (Wildman–Crippen MR) is 136 cm³/mol. The molecule has 5 aromatic rings. The van der Waals surface area contributed by atoms with E-state index in [4.69, 9.17) is 4.74 Å². The zero-order chi connectivity index (χ0) is 23.0. The van der Waals surface area contributed by atoms with Crippen molar-refractivity contribution in [3.8, 4) is 5.75 Å². The number of aromatic nitrogens is 1. The topological polar surface area (TPSA) is 70.3 Å². The maximum absolute atomic E-state index is 11.2. The highest BCUT2D eigenvalue weighted by Crippen LogP contribution is 2.38. The van der Waals surface area contributed by atoms with Gasteiger partial charge in [-0.3, -0.25) is 0 Å². The summed E-state index contributed by atoms with van der Waals surface area (Å²) in [6, 6.07) is 18.5. The third-order valence-corrected chi connectivity index (χ3v) is 8.42. The molecule has 2 aromatic heterocycles. The predicted octanol–water partition coefficient (Wildman–Crippen LogP) is 5.67. The number of rotatable bonds is 7. The van der Waals surface area contributed by atoms with Gasteiger partial charge >= 0.3 is 0 Å². The monoisotopic (exact) mass is 495 g/mol. The molecule has 8 heteroatoms. The molecule has 0 aliphatic heterocycles. The van der Waals surface area contributed by atoms with E-state index in [0.29, 0.717) is 6.54 Å². The lowest BCUT2D eigenvalue weighted by Gasteiger charge is -2.05. The lowest BCUT2D eigenvalue weighted by atomic mass is 10.0. The summed E-state index contributed by atoms with van der Waals surface area (Å²) in [5, 5.41) is 6.40. The number of methoxy groups -OCH3 is 1. The molecule has 168 valence electrons. The molecule has 0 bridgehead atoms. The summed E-state index contributed by atoms with van der Waals surface area (Å²) in [4.78, 5) is 0. The van der Waals surface area contributed by atoms with Gasteiger partial charge in [-0.25, -0.2) is 8.42 Å². The van der Waals surface area contributed by atoms with E-state index in [0.717, 1.165) is 36.6 Å². The van der Waals surface area contributed by atoms with Gasteiger partial charge in [-0.1, -0.05) is 53.8 Å². The molecule has 0 aliphatic carbocycles. The quantitative estimate of drug-likeness (QED) is 0.215. The van der Waals surface area contributed by atoms with Crippen LogP contribution in [0.25, 0.3) is 43.2 Å². The van der Waals surface area contributed by atoms with Crippen LogP contribution in [0.5, 0.6) is 5.75 Å². The van der Waals surface area contributed by atoms with Crippen LogP contribution in [0.1, 0.15) is 17.0 Å². The molecule has 0 N–H and O–H groups in total. The Morgan fingerprint density at radius 3 is 2.70 bits per heavy atom. The third kappa shape index (κ3) is 4.39. The van der Waals surface area contributed by atoms with Crippen LogP contribution in [0.15, 0.2) is 60.0 Å². The average molecular weight is 496 g/mol. The minimum atomic E-state index is -4.26. The van der Waals surface area contributed by atoms with Gasteiger partial charge in [-0.2, -0.15) is 4.57 Å². The Labute approximate surface area is 199 Å². The highest BCUT2D eigenvalue weighted by molar-refractivity contribution is 7.85. The molecule has 5 rings (SSSR count). The fourth-order valence-corrected chi connectivity index (χ4v) is 6.79. The Kier molecular flexibility index (Phi) is 5.92. The van der Waals surface area contributed by atoms with Gasteiger partial charge in [0.15, 0.2) is 6.54 Å². The molecule has 0 fully saturated rings. The number of nitrogens with zero attached hydrogens (tertiary/aromatic N) is 1. The van der Waals surface area contributed by atoms with Gasteiger partial charge in [0.05, 0.1) is 17.2 Å². The number of fused-ring (bicyclic) bond motifs is 4. The molecule has 0 amide bonds. The standard InChI is InChI=1S/C25H21NO4S3/c1-30-21-16-22-24(25-20(21)12-14-31-25)26(13-5-15-33(27,28)29)23(32-22)11-10-18-8-4-7-17-6-2-3-9-19(17)18/h2-4,6-12,14,16H,5,13,15H2,1H3. The molecule has 0 atom stereocenters. The van der Waals surface area contributed by atoms with E-state index >= 15 is 0 Å². The molecule has 5 nitrogen and oxygen atoms in total. The van der Waals surface area contributed by atoms with Gasteiger partial charge in [-0.15, -0.1) is 11.3 Å². The van der Waals surface area contributed by atoms with Gasteiger partial charge in [0, 0.05) is 29.7 Å². The second-order valence-corrected chi connectivity index (χ2v) is 11.2. The number of hydrogen-bond acceptors (Lipinski definition) is 6. The lowest BCUT2D eigenvalue weighted by molar-refractivity contribution is -0.667. The third-order valence-electron chi connectivity index (χ3n) is 5.62. The summed E-state index contributed by atoms with van der Waals surface area (Å²) in [7, 11) is -2.59. The van der Waals surface area contributed by atoms with Crippen LogP contribution in [-0.2, 0) is 16.7 Å². The van der Waals surface area contributed by atoms with Crippen LogP contribution in [0.2, 0.25) is 0 Å². The summed E-state index contributed by atoms with van der Waals surface area (Å²) in [5.74, 6) is 0.437. The first-order valence-corrected chi connectivity index (χ1v) is 13.7. The summed E-state index contributed by atoms with van der Waals surface area (Å²) < 4.78 is 43.5. The summed E-state index contributed by atoms with van der Waals surface area (Å²) in [6.45, 7) is 0.440. The normalized spacial score (nSPS) is 12.4. The van der Waals surface area contributed by atoms with Crippen LogP contribution in [0.3, 0.4) is 0 Å². The average Bonchev–Trinajstić information content (AvgIpc) is 3.41.